The van der Waals surface area contributed by atoms with E-state index in [2.05, 4.69) is 15.1 Å². The summed E-state index contributed by atoms with van der Waals surface area (Å²) in [6.07, 6.45) is 0.799. The summed E-state index contributed by atoms with van der Waals surface area (Å²) in [5.41, 5.74) is 12.5. The van der Waals surface area contributed by atoms with Gasteiger partial charge in [0.25, 0.3) is 0 Å². The SMILES string of the molecule is CN(C)CC/C(=N/N=C(N)N)c1ccccc1. The summed E-state index contributed by atoms with van der Waals surface area (Å²) in [6.45, 7) is 0.897. The van der Waals surface area contributed by atoms with Crippen LogP contribution >= 0.6 is 0 Å². The van der Waals surface area contributed by atoms with Crippen LogP contribution in [-0.4, -0.2) is 37.2 Å². The molecule has 0 saturated heterocycles. The number of benzene rings is 1. The molecule has 5 heteroatoms. The minimum atomic E-state index is -0.0247. The molecule has 0 fully saturated rings. The van der Waals surface area contributed by atoms with Gasteiger partial charge in [-0.1, -0.05) is 30.3 Å². The van der Waals surface area contributed by atoms with Gasteiger partial charge in [-0.25, -0.2) is 0 Å². The topological polar surface area (TPSA) is 80.0 Å². The maximum Gasteiger partial charge on any atom is 0.211 e. The molecule has 0 aliphatic heterocycles. The molecule has 5 nitrogen and oxygen atoms in total. The van der Waals surface area contributed by atoms with E-state index in [1.54, 1.807) is 0 Å². The highest BCUT2D eigenvalue weighted by atomic mass is 15.3. The first-order valence-corrected chi connectivity index (χ1v) is 5.45. The van der Waals surface area contributed by atoms with E-state index >= 15 is 0 Å². The van der Waals surface area contributed by atoms with Gasteiger partial charge in [0.15, 0.2) is 0 Å². The Labute approximate surface area is 102 Å². The lowest BCUT2D eigenvalue weighted by Crippen LogP contribution is -2.22. The largest absolute Gasteiger partial charge is 0.369 e. The Kier molecular flexibility index (Phi) is 5.16. The lowest BCUT2D eigenvalue weighted by Gasteiger charge is -2.10. The molecule has 0 aromatic heterocycles. The summed E-state index contributed by atoms with van der Waals surface area (Å²) in [5, 5.41) is 7.81. The molecule has 17 heavy (non-hydrogen) atoms. The zero-order chi connectivity index (χ0) is 12.7. The molecule has 0 heterocycles. The molecule has 92 valence electrons. The molecule has 0 atom stereocenters. The van der Waals surface area contributed by atoms with E-state index in [0.29, 0.717) is 0 Å². The first-order valence-electron chi connectivity index (χ1n) is 5.45. The first-order chi connectivity index (χ1) is 8.09. The highest BCUT2D eigenvalue weighted by molar-refractivity contribution is 6.00. The van der Waals surface area contributed by atoms with Gasteiger partial charge in [-0.3, -0.25) is 0 Å². The van der Waals surface area contributed by atoms with Crippen molar-refractivity contribution in [1.82, 2.24) is 4.90 Å². The van der Waals surface area contributed by atoms with Crippen LogP contribution in [0.25, 0.3) is 0 Å². The van der Waals surface area contributed by atoms with E-state index < -0.39 is 0 Å². The van der Waals surface area contributed by atoms with Crippen LogP contribution in [-0.2, 0) is 0 Å². The van der Waals surface area contributed by atoms with E-state index in [0.717, 1.165) is 24.2 Å². The van der Waals surface area contributed by atoms with Gasteiger partial charge >= 0.3 is 0 Å². The fourth-order valence-corrected chi connectivity index (χ4v) is 1.33. The normalized spacial score (nSPS) is 11.6. The summed E-state index contributed by atoms with van der Waals surface area (Å²) in [5.74, 6) is -0.0247. The quantitative estimate of drug-likeness (QED) is 0.444. The van der Waals surface area contributed by atoms with Gasteiger partial charge in [0.05, 0.1) is 5.71 Å². The minimum absolute atomic E-state index is 0.0247. The van der Waals surface area contributed by atoms with Gasteiger partial charge in [-0.15, -0.1) is 5.10 Å². The highest BCUT2D eigenvalue weighted by Gasteiger charge is 2.03. The maximum atomic E-state index is 5.29. The van der Waals surface area contributed by atoms with Crippen LogP contribution < -0.4 is 11.5 Å². The summed E-state index contributed by atoms with van der Waals surface area (Å²) in [4.78, 5) is 2.09. The monoisotopic (exact) mass is 233 g/mol. The van der Waals surface area contributed by atoms with Crippen molar-refractivity contribution in [2.24, 2.45) is 21.7 Å². The van der Waals surface area contributed by atoms with E-state index in [1.165, 1.54) is 0 Å². The van der Waals surface area contributed by atoms with Gasteiger partial charge in [0.1, 0.15) is 0 Å². The molecule has 0 aliphatic rings. The van der Waals surface area contributed by atoms with Crippen LogP contribution in [0.2, 0.25) is 0 Å². The third-order valence-corrected chi connectivity index (χ3v) is 2.19. The van der Waals surface area contributed by atoms with Gasteiger partial charge in [-0.2, -0.15) is 5.10 Å². The van der Waals surface area contributed by atoms with Crippen molar-refractivity contribution in [3.05, 3.63) is 35.9 Å². The van der Waals surface area contributed by atoms with Crippen LogP contribution in [0.15, 0.2) is 40.5 Å². The fraction of sp³-hybridized carbons (Fsp3) is 0.333. The molecule has 0 amide bonds. The van der Waals surface area contributed by atoms with E-state index in [9.17, 15) is 0 Å². The van der Waals surface area contributed by atoms with Crippen LogP contribution in [0.5, 0.6) is 0 Å². The number of guanidine groups is 1. The molecule has 0 bridgehead atoms. The predicted octanol–water partition coefficient (Wildman–Crippen LogP) is 0.616. The second kappa shape index (κ2) is 6.65. The van der Waals surface area contributed by atoms with Crippen molar-refractivity contribution < 1.29 is 0 Å². The lowest BCUT2D eigenvalue weighted by atomic mass is 10.1. The smallest absolute Gasteiger partial charge is 0.211 e. The zero-order valence-corrected chi connectivity index (χ0v) is 10.3. The number of hydrogen-bond donors (Lipinski definition) is 2. The van der Waals surface area contributed by atoms with Gasteiger partial charge in [0.2, 0.25) is 5.96 Å². The molecule has 0 radical (unpaired) electrons. The molecular weight excluding hydrogens is 214 g/mol. The zero-order valence-electron chi connectivity index (χ0n) is 10.3. The Morgan fingerprint density at radius 2 is 1.76 bits per heavy atom. The molecular formula is C12H19N5. The van der Waals surface area contributed by atoms with Crippen LogP contribution in [0.4, 0.5) is 0 Å². The Morgan fingerprint density at radius 1 is 1.12 bits per heavy atom. The van der Waals surface area contributed by atoms with Gasteiger partial charge < -0.3 is 16.4 Å². The van der Waals surface area contributed by atoms with Crippen molar-refractivity contribution in [2.45, 2.75) is 6.42 Å². The maximum absolute atomic E-state index is 5.29. The lowest BCUT2D eigenvalue weighted by molar-refractivity contribution is 0.422. The second-order valence-electron chi connectivity index (χ2n) is 3.99. The third kappa shape index (κ3) is 5.12. The summed E-state index contributed by atoms with van der Waals surface area (Å²) >= 11 is 0. The number of rotatable bonds is 5. The van der Waals surface area contributed by atoms with Crippen molar-refractivity contribution in [2.75, 3.05) is 20.6 Å². The minimum Gasteiger partial charge on any atom is -0.369 e. The van der Waals surface area contributed by atoms with Crippen molar-refractivity contribution in [3.8, 4) is 0 Å². The number of nitrogens with two attached hydrogens (primary N) is 2. The first kappa shape index (κ1) is 13.2. The summed E-state index contributed by atoms with van der Waals surface area (Å²) < 4.78 is 0. The van der Waals surface area contributed by atoms with Gasteiger partial charge in [0, 0.05) is 13.0 Å². The molecule has 0 saturated carbocycles. The van der Waals surface area contributed by atoms with E-state index in [-0.39, 0.29) is 5.96 Å². The molecule has 1 rings (SSSR count). The van der Waals surface area contributed by atoms with Crippen LogP contribution in [0, 0.1) is 0 Å². The number of hydrogen-bond acceptors (Lipinski definition) is 3. The predicted molar refractivity (Wildman–Crippen MR) is 72.0 cm³/mol. The molecule has 1 aromatic carbocycles. The molecule has 1 aromatic rings. The van der Waals surface area contributed by atoms with Crippen molar-refractivity contribution in [3.63, 3.8) is 0 Å². The van der Waals surface area contributed by atoms with Gasteiger partial charge in [-0.05, 0) is 19.7 Å². The highest BCUT2D eigenvalue weighted by Crippen LogP contribution is 2.05. The Balaban J connectivity index is 2.87. The molecule has 0 unspecified atom stereocenters. The second-order valence-corrected chi connectivity index (χ2v) is 3.99. The third-order valence-electron chi connectivity index (χ3n) is 2.19. The van der Waals surface area contributed by atoms with Crippen LogP contribution in [0.3, 0.4) is 0 Å². The Hall–Kier alpha value is -1.88. The van der Waals surface area contributed by atoms with E-state index in [4.69, 9.17) is 11.5 Å². The summed E-state index contributed by atoms with van der Waals surface area (Å²) in [6, 6.07) is 9.90. The van der Waals surface area contributed by atoms with E-state index in [1.807, 2.05) is 44.4 Å². The average molecular weight is 233 g/mol. The molecule has 0 aliphatic carbocycles. The molecule has 4 N–H and O–H groups in total. The van der Waals surface area contributed by atoms with Crippen LogP contribution in [0.1, 0.15) is 12.0 Å². The average Bonchev–Trinajstić information content (AvgIpc) is 2.29. The Morgan fingerprint density at radius 3 is 2.29 bits per heavy atom. The fourth-order valence-electron chi connectivity index (χ4n) is 1.33. The Bertz CT molecular complexity index is 391. The van der Waals surface area contributed by atoms with Crippen molar-refractivity contribution in [1.29, 1.82) is 0 Å². The standard InChI is InChI=1S/C12H19N5/c1-17(2)9-8-11(15-16-12(13)14)10-6-4-3-5-7-10/h3-7H,8-9H2,1-2H3,(H4,13,14,16)/b15-11-. The summed E-state index contributed by atoms with van der Waals surface area (Å²) in [7, 11) is 4.03. The number of nitrogens with zero attached hydrogens (tertiary/aromatic N) is 3. The van der Waals surface area contributed by atoms with Crippen molar-refractivity contribution >= 4 is 11.7 Å². The molecule has 0 spiro atoms.